The SMILES string of the molecule is Cc1cc(C)c(-c2cn3c(n2)c2[c-]c(Oc4[c-]c5c(cc4)C(c4ccccc4)(c4ccccc4)c4cccc6c7cccnc7n-5c46)ccc2c2cccnc23)c(C)c1.[Pt+2]. The second-order valence-corrected chi connectivity index (χ2v) is 15.7. The summed E-state index contributed by atoms with van der Waals surface area (Å²) < 4.78 is 11.2. The maximum absolute atomic E-state index is 6.81. The van der Waals surface area contributed by atoms with E-state index in [0.29, 0.717) is 11.5 Å². The molecule has 5 aromatic heterocycles. The molecule has 0 fully saturated rings. The van der Waals surface area contributed by atoms with Crippen LogP contribution in [-0.2, 0) is 26.5 Å². The molecule has 6 heterocycles. The zero-order chi connectivity index (χ0) is 39.4. The van der Waals surface area contributed by atoms with Crippen LogP contribution in [0.2, 0.25) is 0 Å². The fourth-order valence-corrected chi connectivity index (χ4v) is 10.0. The zero-order valence-corrected chi connectivity index (χ0v) is 35.2. The van der Waals surface area contributed by atoms with Gasteiger partial charge in [0, 0.05) is 51.8 Å². The number of para-hydroxylation sites is 1. The van der Waals surface area contributed by atoms with E-state index < -0.39 is 5.41 Å². The Morgan fingerprint density at radius 1 is 0.567 bits per heavy atom. The molecular weight excluding hydrogens is 918 g/mol. The summed E-state index contributed by atoms with van der Waals surface area (Å²) >= 11 is 0. The third kappa shape index (κ3) is 5.07. The van der Waals surface area contributed by atoms with E-state index in [1.54, 1.807) is 0 Å². The molecule has 288 valence electrons. The van der Waals surface area contributed by atoms with Crippen molar-refractivity contribution in [3.8, 4) is 28.4 Å². The molecule has 7 heteroatoms. The number of imidazole rings is 1. The number of aryl methyl sites for hydroxylation is 3. The topological polar surface area (TPSA) is 57.2 Å². The summed E-state index contributed by atoms with van der Waals surface area (Å²) in [5.74, 6) is 1.15. The number of hydrogen-bond donors (Lipinski definition) is 0. The van der Waals surface area contributed by atoms with Gasteiger partial charge in [0.2, 0.25) is 0 Å². The van der Waals surface area contributed by atoms with Crippen LogP contribution in [0.15, 0.2) is 158 Å². The standard InChI is InChI=1S/C53H35N5O.Pt/c1-32-27-33(2)48(34(3)28-32)46-31-57-50-41(18-11-25-54-50)39-23-21-37(29-43(39)52(57)56-46)59-38-22-24-44-47(30-38)58-49-40(42-19-12-26-55-51(42)58)17-10-20-45(49)53(44,35-13-6-4-7-14-35)36-15-8-5-9-16-36;/h4-28,31H,1-3H3;/q-2;+2. The Kier molecular flexibility index (Phi) is 8.20. The molecule has 0 N–H and O–H groups in total. The second kappa shape index (κ2) is 13.6. The van der Waals surface area contributed by atoms with Crippen LogP contribution in [0.4, 0.5) is 0 Å². The molecule has 6 nitrogen and oxygen atoms in total. The van der Waals surface area contributed by atoms with Crippen molar-refractivity contribution in [2.45, 2.75) is 26.2 Å². The molecule has 0 radical (unpaired) electrons. The Hall–Kier alpha value is -6.88. The molecule has 0 amide bonds. The first kappa shape index (κ1) is 36.2. The van der Waals surface area contributed by atoms with Gasteiger partial charge in [0.1, 0.15) is 11.3 Å². The number of benzene rings is 6. The van der Waals surface area contributed by atoms with E-state index in [2.05, 4.69) is 163 Å². The van der Waals surface area contributed by atoms with E-state index in [1.165, 1.54) is 33.4 Å². The fraction of sp³-hybridized carbons (Fsp3) is 0.0755. The third-order valence-corrected chi connectivity index (χ3v) is 12.2. The van der Waals surface area contributed by atoms with Crippen molar-refractivity contribution in [3.05, 3.63) is 209 Å². The smallest absolute Gasteiger partial charge is 0.503 e. The minimum Gasteiger partial charge on any atom is -0.503 e. The summed E-state index contributed by atoms with van der Waals surface area (Å²) in [6, 6.07) is 56.8. The molecule has 0 unspecified atom stereocenters. The molecule has 0 aliphatic carbocycles. The van der Waals surface area contributed by atoms with Crippen LogP contribution in [0.1, 0.15) is 38.9 Å². The van der Waals surface area contributed by atoms with Crippen molar-refractivity contribution < 1.29 is 25.8 Å². The molecule has 6 aromatic carbocycles. The fourth-order valence-electron chi connectivity index (χ4n) is 10.0. The van der Waals surface area contributed by atoms with Crippen LogP contribution in [0.5, 0.6) is 11.5 Å². The first-order chi connectivity index (χ1) is 29.0. The van der Waals surface area contributed by atoms with Crippen LogP contribution in [-0.4, -0.2) is 23.9 Å². The van der Waals surface area contributed by atoms with Gasteiger partial charge in [0.25, 0.3) is 0 Å². The maximum Gasteiger partial charge on any atom is 2.00 e. The van der Waals surface area contributed by atoms with Gasteiger partial charge in [0.15, 0.2) is 0 Å². The van der Waals surface area contributed by atoms with Gasteiger partial charge in [-0.25, -0.2) is 9.97 Å². The Bertz CT molecular complexity index is 3450. The average molecular weight is 953 g/mol. The molecule has 0 atom stereocenters. The van der Waals surface area contributed by atoms with Gasteiger partial charge >= 0.3 is 21.1 Å². The van der Waals surface area contributed by atoms with Crippen LogP contribution in [0, 0.1) is 32.9 Å². The van der Waals surface area contributed by atoms with Gasteiger partial charge < -0.3 is 13.7 Å². The molecule has 0 saturated heterocycles. The Labute approximate surface area is 361 Å². The first-order valence-corrected chi connectivity index (χ1v) is 19.9. The summed E-state index contributed by atoms with van der Waals surface area (Å²) in [7, 11) is 0. The quantitative estimate of drug-likeness (QED) is 0.127. The maximum atomic E-state index is 6.81. The predicted molar refractivity (Wildman–Crippen MR) is 236 cm³/mol. The summed E-state index contributed by atoms with van der Waals surface area (Å²) in [5.41, 5.74) is 14.2. The molecule has 1 aliphatic heterocycles. The monoisotopic (exact) mass is 952 g/mol. The van der Waals surface area contributed by atoms with E-state index in [4.69, 9.17) is 19.7 Å². The number of ether oxygens (including phenoxy) is 1. The normalized spacial score (nSPS) is 12.9. The Morgan fingerprint density at radius 2 is 1.20 bits per heavy atom. The van der Waals surface area contributed by atoms with Crippen LogP contribution in [0.3, 0.4) is 0 Å². The largest absolute Gasteiger partial charge is 2.00 e. The van der Waals surface area contributed by atoms with Gasteiger partial charge in [-0.15, -0.1) is 29.8 Å². The summed E-state index contributed by atoms with van der Waals surface area (Å²) in [6.07, 6.45) is 5.81. The molecule has 0 spiro atoms. The van der Waals surface area contributed by atoms with Crippen molar-refractivity contribution in [2.75, 3.05) is 0 Å². The molecule has 11 aromatic rings. The molecular formula is C53H35N5OPt. The zero-order valence-electron chi connectivity index (χ0n) is 33.0. The number of hydrogen-bond acceptors (Lipinski definition) is 4. The van der Waals surface area contributed by atoms with Crippen LogP contribution >= 0.6 is 0 Å². The van der Waals surface area contributed by atoms with Crippen LogP contribution in [0.25, 0.3) is 66.3 Å². The number of nitrogens with zero attached hydrogens (tertiary/aromatic N) is 5. The number of pyridine rings is 3. The van der Waals surface area contributed by atoms with Gasteiger partial charge in [-0.1, -0.05) is 125 Å². The minimum atomic E-state index is -0.640. The predicted octanol–water partition coefficient (Wildman–Crippen LogP) is 12.2. The van der Waals surface area contributed by atoms with Gasteiger partial charge in [-0.2, -0.15) is 6.07 Å². The minimum absolute atomic E-state index is 0. The van der Waals surface area contributed by atoms with Crippen molar-refractivity contribution in [1.82, 2.24) is 23.9 Å². The molecule has 12 rings (SSSR count). The van der Waals surface area contributed by atoms with Crippen molar-refractivity contribution >= 4 is 49.4 Å². The van der Waals surface area contributed by atoms with E-state index in [9.17, 15) is 0 Å². The summed E-state index contributed by atoms with van der Waals surface area (Å²) in [4.78, 5) is 15.1. The molecule has 0 bridgehead atoms. The van der Waals surface area contributed by atoms with Crippen molar-refractivity contribution in [2.24, 2.45) is 0 Å². The Morgan fingerprint density at radius 3 is 1.92 bits per heavy atom. The number of aromatic nitrogens is 5. The molecule has 60 heavy (non-hydrogen) atoms. The Balaban J connectivity index is 0.00000408. The van der Waals surface area contributed by atoms with Gasteiger partial charge in [0.05, 0.1) is 16.9 Å². The molecule has 1 aliphatic rings. The summed E-state index contributed by atoms with van der Waals surface area (Å²) in [5, 5.41) is 5.13. The van der Waals surface area contributed by atoms with E-state index >= 15 is 0 Å². The second-order valence-electron chi connectivity index (χ2n) is 15.7. The van der Waals surface area contributed by atoms with Crippen LogP contribution < -0.4 is 4.74 Å². The third-order valence-electron chi connectivity index (χ3n) is 12.2. The van der Waals surface area contributed by atoms with Gasteiger partial charge in [-0.05, 0) is 72.2 Å². The van der Waals surface area contributed by atoms with E-state index in [1.807, 2.05) is 36.7 Å². The van der Waals surface area contributed by atoms with Crippen molar-refractivity contribution in [1.29, 1.82) is 0 Å². The molecule has 0 saturated carbocycles. The number of rotatable bonds is 5. The average Bonchev–Trinajstić information content (AvgIpc) is 3.86. The van der Waals surface area contributed by atoms with Crippen molar-refractivity contribution in [3.63, 3.8) is 0 Å². The van der Waals surface area contributed by atoms with E-state index in [-0.39, 0.29) is 21.1 Å². The van der Waals surface area contributed by atoms with E-state index in [0.717, 1.165) is 71.9 Å². The van der Waals surface area contributed by atoms with Gasteiger partial charge in [-0.3, -0.25) is 4.98 Å². The first-order valence-electron chi connectivity index (χ1n) is 19.9. The number of fused-ring (bicyclic) bond motifs is 11. The summed E-state index contributed by atoms with van der Waals surface area (Å²) in [6.45, 7) is 6.44.